The van der Waals surface area contributed by atoms with Crippen LogP contribution in [0.5, 0.6) is 11.5 Å². The van der Waals surface area contributed by atoms with E-state index in [1.807, 2.05) is 50.2 Å². The van der Waals surface area contributed by atoms with Gasteiger partial charge in [0.15, 0.2) is 0 Å². The molecule has 1 aliphatic heterocycles. The summed E-state index contributed by atoms with van der Waals surface area (Å²) in [5.41, 5.74) is 4.08. The molecule has 0 bridgehead atoms. The molecule has 1 atom stereocenters. The highest BCUT2D eigenvalue weighted by Gasteiger charge is 2.47. The molecule has 166 valence electrons. The Balaban J connectivity index is 1.42. The van der Waals surface area contributed by atoms with E-state index >= 15 is 0 Å². The van der Waals surface area contributed by atoms with Crippen LogP contribution in [0.1, 0.15) is 46.4 Å². The van der Waals surface area contributed by atoms with Crippen molar-refractivity contribution in [3.63, 3.8) is 0 Å². The van der Waals surface area contributed by atoms with E-state index in [4.69, 9.17) is 9.47 Å². The summed E-state index contributed by atoms with van der Waals surface area (Å²) in [6, 6.07) is 14.2. The number of carbonyl (C=O) groups excluding carboxylic acids is 1. The summed E-state index contributed by atoms with van der Waals surface area (Å²) in [5.74, 6) is 1.40. The summed E-state index contributed by atoms with van der Waals surface area (Å²) in [6.45, 7) is 5.60. The Bertz CT molecular complexity index is 1180. The Hall–Kier alpha value is -3.12. The number of benzene rings is 2. The Kier molecular flexibility index (Phi) is 5.25. The van der Waals surface area contributed by atoms with Crippen molar-refractivity contribution in [2.24, 2.45) is 0 Å². The van der Waals surface area contributed by atoms with Crippen molar-refractivity contribution in [2.45, 2.75) is 44.7 Å². The summed E-state index contributed by atoms with van der Waals surface area (Å²) in [6.07, 6.45) is 2.90. The number of nitrogens with one attached hydrogen (secondary N) is 2. The molecule has 1 saturated heterocycles. The zero-order valence-corrected chi connectivity index (χ0v) is 18.8. The smallest absolute Gasteiger partial charge is 0.252 e. The predicted octanol–water partition coefficient (Wildman–Crippen LogP) is 4.02. The fraction of sp³-hybridized carbons (Fsp3) is 0.385. The lowest BCUT2D eigenvalue weighted by atomic mass is 9.97. The van der Waals surface area contributed by atoms with Crippen molar-refractivity contribution in [1.82, 2.24) is 15.6 Å². The molecule has 1 aromatic heterocycles. The fourth-order valence-corrected chi connectivity index (χ4v) is 4.32. The molecule has 0 unspecified atom stereocenters. The standard InChI is InChI=1S/C26H29N3O3/c1-16-4-6-19(32-15-18-8-11-27-18)12-22(16)25(30)29-26(9-10-26)23-13-20(31-3)14-24-21(23)7-5-17(2)28-24/h4-7,12-14,18,27H,8-11,15H2,1-3H3,(H,29,30)/t18-/m0/s1. The van der Waals surface area contributed by atoms with Crippen LogP contribution in [0.3, 0.4) is 0 Å². The SMILES string of the molecule is COc1cc(C2(NC(=O)c3cc(OC[C@@H]4CCN4)ccc3C)CC2)c2ccc(C)nc2c1. The van der Waals surface area contributed by atoms with Crippen LogP contribution in [0.15, 0.2) is 42.5 Å². The number of amides is 1. The minimum atomic E-state index is -0.403. The van der Waals surface area contributed by atoms with Crippen molar-refractivity contribution >= 4 is 16.8 Å². The third-order valence-electron chi connectivity index (χ3n) is 6.60. The first-order chi connectivity index (χ1) is 15.5. The molecule has 2 heterocycles. The van der Waals surface area contributed by atoms with Crippen LogP contribution >= 0.6 is 0 Å². The molecule has 2 aliphatic rings. The second kappa shape index (κ2) is 8.10. The number of hydrogen-bond donors (Lipinski definition) is 2. The number of aromatic nitrogens is 1. The van der Waals surface area contributed by atoms with Gasteiger partial charge in [0.05, 0.1) is 18.2 Å². The number of hydrogen-bond acceptors (Lipinski definition) is 5. The van der Waals surface area contributed by atoms with Crippen LogP contribution in [-0.4, -0.2) is 37.2 Å². The highest BCUT2D eigenvalue weighted by molar-refractivity contribution is 5.97. The van der Waals surface area contributed by atoms with Gasteiger partial charge >= 0.3 is 0 Å². The van der Waals surface area contributed by atoms with Gasteiger partial charge in [0.2, 0.25) is 0 Å². The van der Waals surface area contributed by atoms with Crippen LogP contribution in [0.2, 0.25) is 0 Å². The maximum absolute atomic E-state index is 13.4. The topological polar surface area (TPSA) is 72.5 Å². The van der Waals surface area contributed by atoms with Gasteiger partial charge in [-0.05, 0) is 75.0 Å². The Labute approximate surface area is 188 Å². The van der Waals surface area contributed by atoms with Crippen LogP contribution in [0, 0.1) is 13.8 Å². The maximum Gasteiger partial charge on any atom is 0.252 e. The predicted molar refractivity (Wildman–Crippen MR) is 124 cm³/mol. The molecule has 5 rings (SSSR count). The summed E-state index contributed by atoms with van der Waals surface area (Å²) in [5, 5.41) is 7.70. The number of methoxy groups -OCH3 is 1. The quantitative estimate of drug-likeness (QED) is 0.591. The molecule has 6 nitrogen and oxygen atoms in total. The molecule has 2 fully saturated rings. The van der Waals surface area contributed by atoms with E-state index in [9.17, 15) is 4.79 Å². The number of ether oxygens (including phenoxy) is 2. The second-order valence-electron chi connectivity index (χ2n) is 8.96. The minimum absolute atomic E-state index is 0.0803. The molecule has 2 aromatic carbocycles. The average molecular weight is 432 g/mol. The van der Waals surface area contributed by atoms with Crippen LogP contribution in [0.25, 0.3) is 10.9 Å². The number of fused-ring (bicyclic) bond motifs is 1. The lowest BCUT2D eigenvalue weighted by Gasteiger charge is -2.27. The first-order valence-corrected chi connectivity index (χ1v) is 11.2. The molecule has 32 heavy (non-hydrogen) atoms. The van der Waals surface area contributed by atoms with Gasteiger partial charge in [0.25, 0.3) is 5.91 Å². The normalized spacial score (nSPS) is 18.7. The van der Waals surface area contributed by atoms with Gasteiger partial charge in [0.1, 0.15) is 18.1 Å². The molecule has 6 heteroatoms. The molecule has 1 saturated carbocycles. The van der Waals surface area contributed by atoms with E-state index in [0.29, 0.717) is 18.2 Å². The lowest BCUT2D eigenvalue weighted by molar-refractivity contribution is 0.0930. The zero-order chi connectivity index (χ0) is 22.3. The monoisotopic (exact) mass is 431 g/mol. The number of pyridine rings is 1. The highest BCUT2D eigenvalue weighted by Crippen LogP contribution is 2.49. The van der Waals surface area contributed by atoms with Crippen molar-refractivity contribution < 1.29 is 14.3 Å². The number of aryl methyl sites for hydroxylation is 2. The molecule has 1 aliphatic carbocycles. The molecule has 0 radical (unpaired) electrons. The van der Waals surface area contributed by atoms with Crippen LogP contribution in [-0.2, 0) is 5.54 Å². The van der Waals surface area contributed by atoms with Gasteiger partial charge < -0.3 is 20.1 Å². The van der Waals surface area contributed by atoms with E-state index < -0.39 is 5.54 Å². The van der Waals surface area contributed by atoms with Crippen molar-refractivity contribution in [2.75, 3.05) is 20.3 Å². The largest absolute Gasteiger partial charge is 0.497 e. The molecule has 1 amide bonds. The third-order valence-corrected chi connectivity index (χ3v) is 6.60. The minimum Gasteiger partial charge on any atom is -0.497 e. The number of nitrogens with zero attached hydrogens (tertiary/aromatic N) is 1. The number of rotatable bonds is 7. The number of carbonyl (C=O) groups is 1. The van der Waals surface area contributed by atoms with Gasteiger partial charge in [0, 0.05) is 28.8 Å². The van der Waals surface area contributed by atoms with E-state index in [1.54, 1.807) is 7.11 Å². The second-order valence-corrected chi connectivity index (χ2v) is 8.96. The van der Waals surface area contributed by atoms with E-state index in [2.05, 4.69) is 21.7 Å². The lowest BCUT2D eigenvalue weighted by Crippen LogP contribution is -2.46. The summed E-state index contributed by atoms with van der Waals surface area (Å²) in [4.78, 5) is 18.1. The maximum atomic E-state index is 13.4. The molecule has 3 aromatic rings. The summed E-state index contributed by atoms with van der Waals surface area (Å²) >= 11 is 0. The molecule has 0 spiro atoms. The van der Waals surface area contributed by atoms with Gasteiger partial charge in [-0.3, -0.25) is 9.78 Å². The van der Waals surface area contributed by atoms with E-state index in [1.165, 1.54) is 0 Å². The zero-order valence-electron chi connectivity index (χ0n) is 18.8. The van der Waals surface area contributed by atoms with Gasteiger partial charge in [-0.2, -0.15) is 0 Å². The van der Waals surface area contributed by atoms with Crippen LogP contribution in [0.4, 0.5) is 0 Å². The highest BCUT2D eigenvalue weighted by atomic mass is 16.5. The Morgan fingerprint density at radius 3 is 2.66 bits per heavy atom. The van der Waals surface area contributed by atoms with Gasteiger partial charge in [-0.25, -0.2) is 0 Å². The van der Waals surface area contributed by atoms with Crippen molar-refractivity contribution in [3.05, 3.63) is 64.8 Å². The van der Waals surface area contributed by atoms with Crippen molar-refractivity contribution in [3.8, 4) is 11.5 Å². The first-order valence-electron chi connectivity index (χ1n) is 11.2. The first kappa shape index (κ1) is 20.8. The summed E-state index contributed by atoms with van der Waals surface area (Å²) < 4.78 is 11.5. The van der Waals surface area contributed by atoms with Gasteiger partial charge in [-0.15, -0.1) is 0 Å². The Morgan fingerprint density at radius 1 is 1.16 bits per heavy atom. The summed E-state index contributed by atoms with van der Waals surface area (Å²) in [7, 11) is 1.66. The Morgan fingerprint density at radius 2 is 1.97 bits per heavy atom. The fourth-order valence-electron chi connectivity index (χ4n) is 4.32. The third kappa shape index (κ3) is 3.91. The molecular weight excluding hydrogens is 402 g/mol. The van der Waals surface area contributed by atoms with E-state index in [-0.39, 0.29) is 5.91 Å². The molecular formula is C26H29N3O3. The average Bonchev–Trinajstić information content (AvgIpc) is 3.53. The van der Waals surface area contributed by atoms with Crippen molar-refractivity contribution in [1.29, 1.82) is 0 Å². The van der Waals surface area contributed by atoms with Gasteiger partial charge in [-0.1, -0.05) is 12.1 Å². The molecule has 2 N–H and O–H groups in total. The van der Waals surface area contributed by atoms with Crippen LogP contribution < -0.4 is 20.1 Å². The van der Waals surface area contributed by atoms with E-state index in [0.717, 1.165) is 65.0 Å².